The second kappa shape index (κ2) is 11.7. The van der Waals surface area contributed by atoms with Crippen molar-refractivity contribution in [1.82, 2.24) is 10.2 Å². The van der Waals surface area contributed by atoms with Crippen molar-refractivity contribution in [2.24, 2.45) is 5.92 Å². The fraction of sp³-hybridized carbons (Fsp3) is 0.737. The molecule has 1 saturated heterocycles. The zero-order valence-electron chi connectivity index (χ0n) is 15.7. The van der Waals surface area contributed by atoms with E-state index in [0.717, 1.165) is 12.8 Å². The molecular formula is C19H30N2O6. The zero-order valence-corrected chi connectivity index (χ0v) is 15.7. The summed E-state index contributed by atoms with van der Waals surface area (Å²) in [6.07, 6.45) is 6.93. The van der Waals surface area contributed by atoms with Gasteiger partial charge in [-0.25, -0.2) is 0 Å². The van der Waals surface area contributed by atoms with E-state index in [1.165, 1.54) is 0 Å². The minimum absolute atomic E-state index is 0.0505. The molecule has 27 heavy (non-hydrogen) atoms. The highest BCUT2D eigenvalue weighted by Gasteiger charge is 2.34. The van der Waals surface area contributed by atoms with Crippen LogP contribution < -0.4 is 5.32 Å². The molecule has 0 saturated carbocycles. The van der Waals surface area contributed by atoms with Gasteiger partial charge in [-0.1, -0.05) is 12.2 Å². The van der Waals surface area contributed by atoms with E-state index in [1.807, 2.05) is 12.2 Å². The van der Waals surface area contributed by atoms with Crippen LogP contribution in [0.25, 0.3) is 0 Å². The van der Waals surface area contributed by atoms with Crippen LogP contribution >= 0.6 is 0 Å². The van der Waals surface area contributed by atoms with E-state index in [9.17, 15) is 14.4 Å². The molecule has 2 aliphatic rings. The first-order chi connectivity index (χ1) is 13.1. The summed E-state index contributed by atoms with van der Waals surface area (Å²) in [6, 6.07) is -0.0951. The summed E-state index contributed by atoms with van der Waals surface area (Å²) in [4.78, 5) is 38.7. The van der Waals surface area contributed by atoms with Crippen LogP contribution in [0.4, 0.5) is 0 Å². The number of amides is 2. The van der Waals surface area contributed by atoms with Crippen LogP contribution in [0.1, 0.15) is 38.5 Å². The fourth-order valence-electron chi connectivity index (χ4n) is 3.37. The van der Waals surface area contributed by atoms with Gasteiger partial charge >= 0.3 is 5.97 Å². The summed E-state index contributed by atoms with van der Waals surface area (Å²) in [7, 11) is 0. The number of carbonyl (C=O) groups is 3. The molecule has 0 aromatic carbocycles. The second-order valence-electron chi connectivity index (χ2n) is 6.84. The molecule has 152 valence electrons. The lowest BCUT2D eigenvalue weighted by molar-refractivity contribution is -0.148. The van der Waals surface area contributed by atoms with Gasteiger partial charge in [0.05, 0.1) is 31.8 Å². The van der Waals surface area contributed by atoms with E-state index in [-0.39, 0.29) is 50.1 Å². The van der Waals surface area contributed by atoms with Crippen molar-refractivity contribution in [3.8, 4) is 0 Å². The summed E-state index contributed by atoms with van der Waals surface area (Å²) >= 11 is 0. The third-order valence-corrected chi connectivity index (χ3v) is 4.78. The van der Waals surface area contributed by atoms with E-state index in [2.05, 4.69) is 5.32 Å². The molecule has 8 heteroatoms. The molecule has 2 N–H and O–H groups in total. The van der Waals surface area contributed by atoms with Crippen molar-refractivity contribution in [2.45, 2.75) is 44.6 Å². The molecule has 2 atom stereocenters. The Labute approximate surface area is 159 Å². The Morgan fingerprint density at radius 2 is 2.19 bits per heavy atom. The average Bonchev–Trinajstić information content (AvgIpc) is 3.12. The van der Waals surface area contributed by atoms with Crippen LogP contribution in [0.15, 0.2) is 12.2 Å². The number of hydrogen-bond acceptors (Lipinski definition) is 6. The van der Waals surface area contributed by atoms with E-state index in [4.69, 9.17) is 14.6 Å². The van der Waals surface area contributed by atoms with Crippen molar-refractivity contribution >= 4 is 17.8 Å². The Balaban J connectivity index is 1.94. The van der Waals surface area contributed by atoms with E-state index < -0.39 is 5.92 Å². The molecule has 2 amide bonds. The third kappa shape index (κ3) is 7.30. The number of cyclic esters (lactones) is 1. The lowest BCUT2D eigenvalue weighted by Crippen LogP contribution is -2.43. The molecule has 0 unspecified atom stereocenters. The smallest absolute Gasteiger partial charge is 0.306 e. The third-order valence-electron chi connectivity index (χ3n) is 4.78. The maximum atomic E-state index is 13.0. The van der Waals surface area contributed by atoms with Gasteiger partial charge in [0.15, 0.2) is 0 Å². The first kappa shape index (κ1) is 21.4. The van der Waals surface area contributed by atoms with E-state index in [0.29, 0.717) is 39.0 Å². The molecule has 2 aliphatic heterocycles. The number of fused-ring (bicyclic) bond motifs is 1. The van der Waals surface area contributed by atoms with Crippen LogP contribution in [0, 0.1) is 5.92 Å². The van der Waals surface area contributed by atoms with Crippen molar-refractivity contribution in [2.75, 3.05) is 39.5 Å². The van der Waals surface area contributed by atoms with Gasteiger partial charge in [-0.05, 0) is 25.7 Å². The zero-order chi connectivity index (χ0) is 19.5. The lowest BCUT2D eigenvalue weighted by atomic mass is 9.97. The van der Waals surface area contributed by atoms with Crippen molar-refractivity contribution in [1.29, 1.82) is 0 Å². The Kier molecular flexibility index (Phi) is 9.27. The predicted molar refractivity (Wildman–Crippen MR) is 97.7 cm³/mol. The van der Waals surface area contributed by atoms with Crippen LogP contribution in [0.3, 0.4) is 0 Å². The maximum Gasteiger partial charge on any atom is 0.306 e. The quantitative estimate of drug-likeness (QED) is 0.375. The summed E-state index contributed by atoms with van der Waals surface area (Å²) in [6.45, 7) is 1.72. The number of allylic oxidation sites excluding steroid dienone is 2. The fourth-order valence-corrected chi connectivity index (χ4v) is 3.37. The normalized spacial score (nSPS) is 24.0. The van der Waals surface area contributed by atoms with Crippen LogP contribution in [-0.2, 0) is 23.9 Å². The SMILES string of the molecule is O=C(C[C@H]1CC=CCCC(=O)OC[C@@H]2CCCN2C1=O)NCCOCCO. The van der Waals surface area contributed by atoms with Gasteiger partial charge < -0.3 is 24.8 Å². The highest BCUT2D eigenvalue weighted by atomic mass is 16.5. The minimum atomic E-state index is -0.421. The van der Waals surface area contributed by atoms with Gasteiger partial charge in [-0.2, -0.15) is 0 Å². The summed E-state index contributed by atoms with van der Waals surface area (Å²) < 4.78 is 10.4. The van der Waals surface area contributed by atoms with Gasteiger partial charge in [0, 0.05) is 25.9 Å². The van der Waals surface area contributed by atoms with Gasteiger partial charge in [0.1, 0.15) is 6.61 Å². The second-order valence-corrected chi connectivity index (χ2v) is 6.84. The molecule has 0 aromatic rings. The van der Waals surface area contributed by atoms with Crippen molar-refractivity contribution < 1.29 is 29.0 Å². The predicted octanol–water partition coefficient (Wildman–Crippen LogP) is 0.392. The topological polar surface area (TPSA) is 105 Å². The number of hydrogen-bond donors (Lipinski definition) is 2. The van der Waals surface area contributed by atoms with E-state index in [1.54, 1.807) is 4.90 Å². The molecule has 0 aromatic heterocycles. The average molecular weight is 382 g/mol. The number of carbonyl (C=O) groups excluding carboxylic acids is 3. The van der Waals surface area contributed by atoms with Crippen LogP contribution in [-0.4, -0.2) is 73.3 Å². The van der Waals surface area contributed by atoms with Crippen LogP contribution in [0.2, 0.25) is 0 Å². The Hall–Kier alpha value is -1.93. The molecule has 0 spiro atoms. The number of esters is 1. The molecule has 0 aliphatic carbocycles. The van der Waals surface area contributed by atoms with Gasteiger partial charge in [-0.15, -0.1) is 0 Å². The number of ether oxygens (including phenoxy) is 2. The Bertz CT molecular complexity index is 536. The largest absolute Gasteiger partial charge is 0.463 e. The van der Waals surface area contributed by atoms with Gasteiger partial charge in [0.25, 0.3) is 0 Å². The Morgan fingerprint density at radius 1 is 1.33 bits per heavy atom. The van der Waals surface area contributed by atoms with E-state index >= 15 is 0 Å². The number of aliphatic hydroxyl groups excluding tert-OH is 1. The monoisotopic (exact) mass is 382 g/mol. The lowest BCUT2D eigenvalue weighted by Gasteiger charge is -2.28. The number of nitrogens with zero attached hydrogens (tertiary/aromatic N) is 1. The Morgan fingerprint density at radius 3 is 3.00 bits per heavy atom. The summed E-state index contributed by atoms with van der Waals surface area (Å²) in [5.41, 5.74) is 0. The summed E-state index contributed by atoms with van der Waals surface area (Å²) in [5.74, 6) is -0.900. The molecule has 0 radical (unpaired) electrons. The molecule has 2 heterocycles. The highest BCUT2D eigenvalue weighted by molar-refractivity contribution is 5.86. The first-order valence-corrected chi connectivity index (χ1v) is 9.68. The first-order valence-electron chi connectivity index (χ1n) is 9.68. The van der Waals surface area contributed by atoms with Crippen molar-refractivity contribution in [3.63, 3.8) is 0 Å². The maximum absolute atomic E-state index is 13.0. The molecule has 1 fully saturated rings. The molecule has 2 rings (SSSR count). The number of rotatable bonds is 7. The molecule has 8 nitrogen and oxygen atoms in total. The van der Waals surface area contributed by atoms with Gasteiger partial charge in [0.2, 0.25) is 11.8 Å². The molecule has 0 bridgehead atoms. The van der Waals surface area contributed by atoms with Gasteiger partial charge in [-0.3, -0.25) is 14.4 Å². The molecular weight excluding hydrogens is 352 g/mol. The van der Waals surface area contributed by atoms with Crippen molar-refractivity contribution in [3.05, 3.63) is 12.2 Å². The number of nitrogens with one attached hydrogen (secondary N) is 1. The minimum Gasteiger partial charge on any atom is -0.463 e. The number of aliphatic hydroxyl groups is 1. The van der Waals surface area contributed by atoms with Crippen LogP contribution in [0.5, 0.6) is 0 Å². The highest BCUT2D eigenvalue weighted by Crippen LogP contribution is 2.24. The standard InChI is InChI=1S/C19H30N2O6/c22-10-12-26-11-8-20-17(23)13-15-5-2-1-3-7-18(24)27-14-16-6-4-9-21(16)19(15)25/h1-2,15-16,22H,3-14H2,(H,20,23)/t15-,16+/m1/s1. The summed E-state index contributed by atoms with van der Waals surface area (Å²) in [5, 5.41) is 11.4.